The summed E-state index contributed by atoms with van der Waals surface area (Å²) >= 11 is 6.32. The number of amides is 1. The van der Waals surface area contributed by atoms with Gasteiger partial charge in [0.05, 0.1) is 17.7 Å². The lowest BCUT2D eigenvalue weighted by molar-refractivity contribution is -0.116. The largest absolute Gasteiger partial charge is 0.513 e. The Balaban J connectivity index is 2.17. The molecule has 0 unspecified atom stereocenters. The number of ether oxygens (including phenoxy) is 2. The lowest BCUT2D eigenvalue weighted by Crippen LogP contribution is -2.47. The third-order valence-corrected chi connectivity index (χ3v) is 6.08. The van der Waals surface area contributed by atoms with Crippen molar-refractivity contribution in [3.8, 4) is 0 Å². The van der Waals surface area contributed by atoms with Gasteiger partial charge in [-0.1, -0.05) is 24.6 Å². The lowest BCUT2D eigenvalue weighted by Gasteiger charge is -2.37. The molecule has 0 bridgehead atoms. The Kier molecular flexibility index (Phi) is 5.52. The van der Waals surface area contributed by atoms with Gasteiger partial charge in [-0.2, -0.15) is 0 Å². The van der Waals surface area contributed by atoms with E-state index in [-0.39, 0.29) is 12.5 Å². The van der Waals surface area contributed by atoms with E-state index in [1.165, 1.54) is 0 Å². The predicted molar refractivity (Wildman–Crippen MR) is 104 cm³/mol. The van der Waals surface area contributed by atoms with Crippen LogP contribution in [0.3, 0.4) is 0 Å². The van der Waals surface area contributed by atoms with Crippen LogP contribution in [0, 0.1) is 19.8 Å². The lowest BCUT2D eigenvalue weighted by atomic mass is 9.76. The third-order valence-electron chi connectivity index (χ3n) is 5.67. The molecular formula is C21H26ClNO4. The summed E-state index contributed by atoms with van der Waals surface area (Å²) in [5.41, 5.74) is 2.18. The zero-order valence-corrected chi connectivity index (χ0v) is 17.0. The molecular weight excluding hydrogens is 366 g/mol. The molecule has 27 heavy (non-hydrogen) atoms. The molecule has 1 amide bonds. The smallest absolute Gasteiger partial charge is 0.434 e. The van der Waals surface area contributed by atoms with Gasteiger partial charge in [0.25, 0.3) is 5.91 Å². The topological polar surface area (TPSA) is 64.6 Å². The highest BCUT2D eigenvalue weighted by Gasteiger charge is 2.50. The van der Waals surface area contributed by atoms with Crippen LogP contribution in [-0.4, -0.2) is 24.2 Å². The van der Waals surface area contributed by atoms with Crippen LogP contribution in [0.5, 0.6) is 0 Å². The molecule has 0 saturated heterocycles. The van der Waals surface area contributed by atoms with Crippen molar-refractivity contribution in [2.24, 2.45) is 5.92 Å². The predicted octanol–water partition coefficient (Wildman–Crippen LogP) is 4.92. The molecule has 1 heterocycles. The second kappa shape index (κ2) is 7.55. The van der Waals surface area contributed by atoms with Gasteiger partial charge < -0.3 is 14.8 Å². The van der Waals surface area contributed by atoms with Crippen LogP contribution < -0.4 is 5.32 Å². The fraction of sp³-hybridized carbons (Fsp3) is 0.524. The summed E-state index contributed by atoms with van der Waals surface area (Å²) < 4.78 is 10.7. The second-order valence-corrected chi connectivity index (χ2v) is 7.98. The number of hydrogen-bond acceptors (Lipinski definition) is 4. The number of benzene rings is 1. The number of aryl methyl sites for hydroxylation is 1. The van der Waals surface area contributed by atoms with E-state index in [0.717, 1.165) is 42.4 Å². The first-order valence-corrected chi connectivity index (χ1v) is 9.84. The molecule has 0 atom stereocenters. The minimum absolute atomic E-state index is 0.210. The fourth-order valence-electron chi connectivity index (χ4n) is 4.10. The van der Waals surface area contributed by atoms with Gasteiger partial charge >= 0.3 is 6.16 Å². The van der Waals surface area contributed by atoms with Crippen molar-refractivity contribution < 1.29 is 19.1 Å². The Hall–Kier alpha value is -2.01. The highest BCUT2D eigenvalue weighted by molar-refractivity contribution is 6.32. The second-order valence-electron chi connectivity index (χ2n) is 7.57. The summed E-state index contributed by atoms with van der Waals surface area (Å²) in [5.74, 6) is 0.735. The van der Waals surface area contributed by atoms with Gasteiger partial charge in [0.1, 0.15) is 5.76 Å². The van der Waals surface area contributed by atoms with Gasteiger partial charge in [-0.05, 0) is 75.1 Å². The van der Waals surface area contributed by atoms with Gasteiger partial charge in [0.15, 0.2) is 0 Å². The minimum atomic E-state index is -0.781. The minimum Gasteiger partial charge on any atom is -0.434 e. The van der Waals surface area contributed by atoms with Crippen LogP contribution in [-0.2, 0) is 14.3 Å². The van der Waals surface area contributed by atoms with Gasteiger partial charge in [-0.25, -0.2) is 4.79 Å². The maximum absolute atomic E-state index is 13.1. The van der Waals surface area contributed by atoms with E-state index in [9.17, 15) is 9.59 Å². The van der Waals surface area contributed by atoms with Gasteiger partial charge in [-0.15, -0.1) is 0 Å². The Morgan fingerprint density at radius 1 is 1.30 bits per heavy atom. The van der Waals surface area contributed by atoms with Crippen molar-refractivity contribution >= 4 is 29.2 Å². The van der Waals surface area contributed by atoms with Gasteiger partial charge in [0, 0.05) is 5.02 Å². The first kappa shape index (κ1) is 19.7. The van der Waals surface area contributed by atoms with Crippen LogP contribution in [0.15, 0.2) is 17.9 Å². The van der Waals surface area contributed by atoms with Crippen LogP contribution in [0.2, 0.25) is 5.02 Å². The maximum atomic E-state index is 13.1. The van der Waals surface area contributed by atoms with E-state index >= 15 is 0 Å². The average molecular weight is 392 g/mol. The molecule has 5 nitrogen and oxygen atoms in total. The molecule has 146 valence electrons. The molecule has 1 aliphatic heterocycles. The summed E-state index contributed by atoms with van der Waals surface area (Å²) in [6, 6.07) is 3.69. The summed E-state index contributed by atoms with van der Waals surface area (Å²) in [6.07, 6.45) is 2.60. The summed E-state index contributed by atoms with van der Waals surface area (Å²) in [7, 11) is 0. The zero-order valence-electron chi connectivity index (χ0n) is 16.3. The number of carbonyl (C=O) groups excluding carboxylic acids is 2. The molecule has 0 radical (unpaired) electrons. The number of rotatable bonds is 3. The summed E-state index contributed by atoms with van der Waals surface area (Å²) in [6.45, 7) is 7.93. The molecule has 1 aromatic rings. The van der Waals surface area contributed by atoms with E-state index in [1.54, 1.807) is 6.92 Å². The number of nitrogens with one attached hydrogen (secondary N) is 1. The molecule has 6 heteroatoms. The first-order valence-electron chi connectivity index (χ1n) is 9.47. The third kappa shape index (κ3) is 3.57. The number of carbonyl (C=O) groups is 2. The Morgan fingerprint density at radius 2 is 1.96 bits per heavy atom. The Morgan fingerprint density at radius 3 is 2.59 bits per heavy atom. The summed E-state index contributed by atoms with van der Waals surface area (Å²) in [5, 5.41) is 3.69. The molecule has 2 aliphatic rings. The van der Waals surface area contributed by atoms with E-state index in [2.05, 4.69) is 12.2 Å². The molecule has 1 saturated carbocycles. The van der Waals surface area contributed by atoms with Crippen LogP contribution in [0.4, 0.5) is 4.79 Å². The van der Waals surface area contributed by atoms with E-state index < -0.39 is 11.7 Å². The normalized spacial score (nSPS) is 24.9. The van der Waals surface area contributed by atoms with E-state index in [1.807, 2.05) is 26.0 Å². The molecule has 1 aliphatic carbocycles. The zero-order chi connectivity index (χ0) is 19.8. The van der Waals surface area contributed by atoms with E-state index in [0.29, 0.717) is 22.3 Å². The average Bonchev–Trinajstić information content (AvgIpc) is 2.87. The molecule has 0 aromatic heterocycles. The Bertz CT molecular complexity index is 807. The van der Waals surface area contributed by atoms with Crippen molar-refractivity contribution in [1.29, 1.82) is 0 Å². The Labute approximate surface area is 165 Å². The standard InChI is InChI=1S/C21H26ClNO4/c1-5-26-20(25)27-18-17(16-13(3)6-7-15(22)14(16)4)19(24)23-21(18)10-8-12(2)9-11-21/h6-7,12H,5,8-11H2,1-4H3,(H,23,24). The number of hydrogen-bond donors (Lipinski definition) is 1. The molecule has 1 aromatic carbocycles. The van der Waals surface area contributed by atoms with E-state index in [4.69, 9.17) is 21.1 Å². The molecule has 1 N–H and O–H groups in total. The summed E-state index contributed by atoms with van der Waals surface area (Å²) in [4.78, 5) is 25.2. The van der Waals surface area contributed by atoms with Crippen LogP contribution in [0.1, 0.15) is 56.2 Å². The molecule has 3 rings (SSSR count). The molecule has 1 fully saturated rings. The quantitative estimate of drug-likeness (QED) is 0.743. The van der Waals surface area contributed by atoms with Crippen molar-refractivity contribution in [3.63, 3.8) is 0 Å². The van der Waals surface area contributed by atoms with Crippen LogP contribution >= 0.6 is 11.6 Å². The highest BCUT2D eigenvalue weighted by Crippen LogP contribution is 2.46. The van der Waals surface area contributed by atoms with Crippen LogP contribution in [0.25, 0.3) is 5.57 Å². The first-order chi connectivity index (χ1) is 12.8. The number of halogens is 1. The highest BCUT2D eigenvalue weighted by atomic mass is 35.5. The van der Waals surface area contributed by atoms with Gasteiger partial charge in [0.2, 0.25) is 0 Å². The van der Waals surface area contributed by atoms with Crippen molar-refractivity contribution in [1.82, 2.24) is 5.32 Å². The van der Waals surface area contributed by atoms with Gasteiger partial charge in [-0.3, -0.25) is 4.79 Å². The van der Waals surface area contributed by atoms with Crippen molar-refractivity contribution in [3.05, 3.63) is 39.6 Å². The molecule has 1 spiro atoms. The monoisotopic (exact) mass is 391 g/mol. The van der Waals surface area contributed by atoms with Crippen molar-refractivity contribution in [2.75, 3.05) is 6.61 Å². The SMILES string of the molecule is CCOC(=O)OC1=C(c2c(C)ccc(Cl)c2C)C(=O)NC12CCC(C)CC2. The maximum Gasteiger partial charge on any atom is 0.513 e. The van der Waals surface area contributed by atoms with Crippen molar-refractivity contribution in [2.45, 2.75) is 58.9 Å². The fourth-order valence-corrected chi connectivity index (χ4v) is 4.26.